The Balaban J connectivity index is 2.13. The molecule has 1 aromatic rings. The standard InChI is InChI=1S/C15H21ClN2O3/c1-14(2,3)21-13(19)18-12-6-11(16)5-4-10(12)7-15(20)8-17-9-15/h4-6,17,20H,7-9H2,1-3H3,(H,18,19). The van der Waals surface area contributed by atoms with Crippen LogP contribution in [0, 0.1) is 0 Å². The first-order valence-corrected chi connectivity index (χ1v) is 7.26. The summed E-state index contributed by atoms with van der Waals surface area (Å²) in [5.41, 5.74) is 0.0586. The van der Waals surface area contributed by atoms with Gasteiger partial charge in [0.25, 0.3) is 0 Å². The lowest BCUT2D eigenvalue weighted by Gasteiger charge is -2.38. The number of benzene rings is 1. The summed E-state index contributed by atoms with van der Waals surface area (Å²) in [7, 11) is 0. The molecule has 6 heteroatoms. The topological polar surface area (TPSA) is 70.6 Å². The maximum Gasteiger partial charge on any atom is 0.412 e. The van der Waals surface area contributed by atoms with Crippen molar-refractivity contribution in [3.63, 3.8) is 0 Å². The van der Waals surface area contributed by atoms with Gasteiger partial charge in [-0.25, -0.2) is 4.79 Å². The highest BCUT2D eigenvalue weighted by atomic mass is 35.5. The van der Waals surface area contributed by atoms with E-state index >= 15 is 0 Å². The summed E-state index contributed by atoms with van der Waals surface area (Å²) in [6.45, 7) is 6.49. The predicted molar refractivity (Wildman–Crippen MR) is 82.8 cm³/mol. The molecule has 3 N–H and O–H groups in total. The fraction of sp³-hybridized carbons (Fsp3) is 0.533. The molecule has 0 atom stereocenters. The molecule has 0 saturated carbocycles. The first-order valence-electron chi connectivity index (χ1n) is 6.88. The van der Waals surface area contributed by atoms with E-state index in [-0.39, 0.29) is 0 Å². The SMILES string of the molecule is CC(C)(C)OC(=O)Nc1cc(Cl)ccc1CC1(O)CNC1. The van der Waals surface area contributed by atoms with E-state index < -0.39 is 17.3 Å². The lowest BCUT2D eigenvalue weighted by atomic mass is 9.88. The molecule has 5 nitrogen and oxygen atoms in total. The summed E-state index contributed by atoms with van der Waals surface area (Å²) in [6, 6.07) is 5.22. The van der Waals surface area contributed by atoms with E-state index in [1.165, 1.54) is 0 Å². The van der Waals surface area contributed by atoms with Gasteiger partial charge in [0, 0.05) is 30.2 Å². The molecule has 116 valence electrons. The van der Waals surface area contributed by atoms with E-state index in [0.29, 0.717) is 30.2 Å². The third-order valence-electron chi connectivity index (χ3n) is 3.14. The second-order valence-corrected chi connectivity index (χ2v) is 6.87. The Morgan fingerprint density at radius 3 is 2.67 bits per heavy atom. The first kappa shape index (κ1) is 16.1. The van der Waals surface area contributed by atoms with E-state index in [4.69, 9.17) is 16.3 Å². The normalized spacial score (nSPS) is 17.0. The van der Waals surface area contributed by atoms with E-state index in [1.807, 2.05) is 6.07 Å². The average Bonchev–Trinajstić information content (AvgIpc) is 2.28. The van der Waals surface area contributed by atoms with Crippen molar-refractivity contribution in [3.8, 4) is 0 Å². The summed E-state index contributed by atoms with van der Waals surface area (Å²) in [5, 5.41) is 16.5. The third kappa shape index (κ3) is 4.59. The highest BCUT2D eigenvalue weighted by Gasteiger charge is 2.35. The summed E-state index contributed by atoms with van der Waals surface area (Å²) < 4.78 is 5.24. The van der Waals surface area contributed by atoms with Crippen molar-refractivity contribution in [3.05, 3.63) is 28.8 Å². The van der Waals surface area contributed by atoms with Gasteiger partial charge < -0.3 is 15.2 Å². The number of ether oxygens (including phenoxy) is 1. The number of hydrogen-bond donors (Lipinski definition) is 3. The lowest BCUT2D eigenvalue weighted by molar-refractivity contribution is -0.00894. The number of halogens is 1. The number of hydrogen-bond acceptors (Lipinski definition) is 4. The minimum absolute atomic E-state index is 0.447. The molecule has 1 aromatic carbocycles. The Bertz CT molecular complexity index is 536. The monoisotopic (exact) mass is 312 g/mol. The molecular weight excluding hydrogens is 292 g/mol. The Labute approximate surface area is 129 Å². The number of amides is 1. The highest BCUT2D eigenvalue weighted by Crippen LogP contribution is 2.27. The van der Waals surface area contributed by atoms with Crippen LogP contribution in [0.25, 0.3) is 0 Å². The molecule has 1 aliphatic rings. The molecule has 1 fully saturated rings. The molecule has 1 amide bonds. The number of carbonyl (C=O) groups excluding carboxylic acids is 1. The third-order valence-corrected chi connectivity index (χ3v) is 3.37. The zero-order valence-corrected chi connectivity index (χ0v) is 13.3. The Morgan fingerprint density at radius 2 is 2.14 bits per heavy atom. The van der Waals surface area contributed by atoms with Crippen LogP contribution in [0.4, 0.5) is 10.5 Å². The summed E-state index contributed by atoms with van der Waals surface area (Å²) >= 11 is 5.99. The summed E-state index contributed by atoms with van der Waals surface area (Å²) in [4.78, 5) is 11.9. The van der Waals surface area contributed by atoms with Gasteiger partial charge in [-0.3, -0.25) is 5.32 Å². The molecule has 0 unspecified atom stereocenters. The molecule has 1 aliphatic heterocycles. The fourth-order valence-electron chi connectivity index (χ4n) is 2.13. The fourth-order valence-corrected chi connectivity index (χ4v) is 2.30. The van der Waals surface area contributed by atoms with Crippen molar-refractivity contribution in [1.82, 2.24) is 5.32 Å². The second kappa shape index (κ2) is 5.83. The maximum absolute atomic E-state index is 11.9. The van der Waals surface area contributed by atoms with Crippen LogP contribution in [0.5, 0.6) is 0 Å². The number of rotatable bonds is 3. The van der Waals surface area contributed by atoms with Gasteiger partial charge in [-0.2, -0.15) is 0 Å². The predicted octanol–water partition coefficient (Wildman–Crippen LogP) is 2.56. The van der Waals surface area contributed by atoms with Gasteiger partial charge in [0.15, 0.2) is 0 Å². The highest BCUT2D eigenvalue weighted by molar-refractivity contribution is 6.31. The van der Waals surface area contributed by atoms with Crippen LogP contribution in [-0.2, 0) is 11.2 Å². The van der Waals surface area contributed by atoms with Gasteiger partial charge >= 0.3 is 6.09 Å². The average molecular weight is 313 g/mol. The summed E-state index contributed by atoms with van der Waals surface area (Å²) in [6.07, 6.45) is -0.0906. The number of aliphatic hydroxyl groups is 1. The Kier molecular flexibility index (Phi) is 4.46. The van der Waals surface area contributed by atoms with E-state index in [2.05, 4.69) is 10.6 Å². The largest absolute Gasteiger partial charge is 0.444 e. The van der Waals surface area contributed by atoms with Crippen molar-refractivity contribution >= 4 is 23.4 Å². The zero-order valence-electron chi connectivity index (χ0n) is 12.5. The molecule has 0 bridgehead atoms. The molecule has 1 heterocycles. The minimum atomic E-state index is -0.766. The molecule has 1 saturated heterocycles. The van der Waals surface area contributed by atoms with Crippen LogP contribution in [0.15, 0.2) is 18.2 Å². The molecule has 0 radical (unpaired) electrons. The van der Waals surface area contributed by atoms with Crippen molar-refractivity contribution in [2.45, 2.75) is 38.4 Å². The number of anilines is 1. The van der Waals surface area contributed by atoms with E-state index in [0.717, 1.165) is 5.56 Å². The van der Waals surface area contributed by atoms with Gasteiger partial charge in [-0.15, -0.1) is 0 Å². The molecular formula is C15H21ClN2O3. The minimum Gasteiger partial charge on any atom is -0.444 e. The zero-order chi connectivity index (χ0) is 15.7. The van der Waals surface area contributed by atoms with Crippen LogP contribution >= 0.6 is 11.6 Å². The number of β-amino-alcohol motifs (C(OH)–C–C–N with tert-alkyl or cyclic N) is 1. The second-order valence-electron chi connectivity index (χ2n) is 6.43. The van der Waals surface area contributed by atoms with Gasteiger partial charge in [0.1, 0.15) is 5.60 Å². The van der Waals surface area contributed by atoms with Gasteiger partial charge in [0.2, 0.25) is 0 Å². The van der Waals surface area contributed by atoms with Crippen LogP contribution in [0.2, 0.25) is 5.02 Å². The van der Waals surface area contributed by atoms with Crippen LogP contribution < -0.4 is 10.6 Å². The van der Waals surface area contributed by atoms with Crippen molar-refractivity contribution in [2.75, 3.05) is 18.4 Å². The van der Waals surface area contributed by atoms with E-state index in [1.54, 1.807) is 32.9 Å². The van der Waals surface area contributed by atoms with Crippen LogP contribution in [0.1, 0.15) is 26.3 Å². The smallest absolute Gasteiger partial charge is 0.412 e. The Hall–Kier alpha value is -1.30. The maximum atomic E-state index is 11.9. The van der Waals surface area contributed by atoms with Crippen LogP contribution in [0.3, 0.4) is 0 Å². The van der Waals surface area contributed by atoms with Gasteiger partial charge in [-0.05, 0) is 38.5 Å². The first-order chi connectivity index (χ1) is 9.67. The quantitative estimate of drug-likeness (QED) is 0.802. The van der Waals surface area contributed by atoms with Crippen molar-refractivity contribution in [2.24, 2.45) is 0 Å². The Morgan fingerprint density at radius 1 is 1.48 bits per heavy atom. The molecule has 0 aromatic heterocycles. The number of nitrogens with one attached hydrogen (secondary N) is 2. The van der Waals surface area contributed by atoms with Crippen molar-refractivity contribution < 1.29 is 14.6 Å². The van der Waals surface area contributed by atoms with Crippen LogP contribution in [-0.4, -0.2) is 35.5 Å². The molecule has 21 heavy (non-hydrogen) atoms. The van der Waals surface area contributed by atoms with Crippen molar-refractivity contribution in [1.29, 1.82) is 0 Å². The van der Waals surface area contributed by atoms with Gasteiger partial charge in [0.05, 0.1) is 5.60 Å². The van der Waals surface area contributed by atoms with E-state index in [9.17, 15) is 9.90 Å². The molecule has 0 aliphatic carbocycles. The molecule has 2 rings (SSSR count). The summed E-state index contributed by atoms with van der Waals surface area (Å²) in [5.74, 6) is 0. The molecule has 0 spiro atoms. The van der Waals surface area contributed by atoms with Gasteiger partial charge in [-0.1, -0.05) is 17.7 Å². The lowest BCUT2D eigenvalue weighted by Crippen LogP contribution is -2.60. The number of carbonyl (C=O) groups is 1.